The Kier molecular flexibility index (Phi) is 3.53. The second-order valence-corrected chi connectivity index (χ2v) is 6.99. The summed E-state index contributed by atoms with van der Waals surface area (Å²) in [5.41, 5.74) is 10.5. The fourth-order valence-electron chi connectivity index (χ4n) is 3.27. The van der Waals surface area contributed by atoms with Crippen LogP contribution in [0.4, 0.5) is 0 Å². The first-order valence-electron chi connectivity index (χ1n) is 8.03. The van der Waals surface area contributed by atoms with Gasteiger partial charge < -0.3 is 10.5 Å². The lowest BCUT2D eigenvalue weighted by Gasteiger charge is -2.28. The Morgan fingerprint density at radius 2 is 1.90 bits per heavy atom. The predicted molar refractivity (Wildman–Crippen MR) is 83.3 cm³/mol. The van der Waals surface area contributed by atoms with E-state index in [4.69, 9.17) is 10.5 Å². The molecule has 0 amide bonds. The number of ether oxygens (including phenoxy) is 1. The summed E-state index contributed by atoms with van der Waals surface area (Å²) in [6.45, 7) is 7.37. The molecular weight excluding hydrogens is 246 g/mol. The van der Waals surface area contributed by atoms with Gasteiger partial charge in [0.25, 0.3) is 0 Å². The van der Waals surface area contributed by atoms with Gasteiger partial charge in [-0.05, 0) is 69.6 Å². The van der Waals surface area contributed by atoms with Crippen LogP contribution in [0.5, 0.6) is 5.75 Å². The highest BCUT2D eigenvalue weighted by molar-refractivity contribution is 5.49. The highest BCUT2D eigenvalue weighted by atomic mass is 16.5. The first-order valence-corrected chi connectivity index (χ1v) is 8.03. The monoisotopic (exact) mass is 273 g/mol. The molecule has 2 aliphatic carbocycles. The average Bonchev–Trinajstić information content (AvgIpc) is 3.12. The molecule has 1 unspecified atom stereocenters. The maximum Gasteiger partial charge on any atom is 0.123 e. The van der Waals surface area contributed by atoms with Crippen molar-refractivity contribution in [1.82, 2.24) is 0 Å². The first-order chi connectivity index (χ1) is 9.53. The van der Waals surface area contributed by atoms with E-state index in [0.717, 1.165) is 18.3 Å². The van der Waals surface area contributed by atoms with Crippen molar-refractivity contribution in [3.05, 3.63) is 28.8 Å². The lowest BCUT2D eigenvalue weighted by molar-refractivity contribution is 0.178. The van der Waals surface area contributed by atoms with E-state index in [-0.39, 0.29) is 11.5 Å². The van der Waals surface area contributed by atoms with Crippen molar-refractivity contribution in [2.24, 2.45) is 11.7 Å². The van der Waals surface area contributed by atoms with Gasteiger partial charge in [0.1, 0.15) is 5.75 Å². The third-order valence-electron chi connectivity index (χ3n) is 5.49. The number of rotatable bonds is 5. The van der Waals surface area contributed by atoms with Crippen molar-refractivity contribution in [3.8, 4) is 5.75 Å². The van der Waals surface area contributed by atoms with Crippen molar-refractivity contribution in [1.29, 1.82) is 0 Å². The van der Waals surface area contributed by atoms with Crippen molar-refractivity contribution in [2.75, 3.05) is 6.61 Å². The van der Waals surface area contributed by atoms with Crippen molar-refractivity contribution in [2.45, 2.75) is 64.3 Å². The third kappa shape index (κ3) is 2.35. The quantitative estimate of drug-likeness (QED) is 0.884. The zero-order valence-electron chi connectivity index (χ0n) is 13.0. The van der Waals surface area contributed by atoms with E-state index < -0.39 is 0 Å². The minimum Gasteiger partial charge on any atom is -0.493 e. The summed E-state index contributed by atoms with van der Waals surface area (Å²) < 4.78 is 6.20. The van der Waals surface area contributed by atoms with Crippen LogP contribution in [0.1, 0.15) is 55.7 Å². The second kappa shape index (κ2) is 5.07. The maximum atomic E-state index is 6.26. The molecule has 0 saturated heterocycles. The lowest BCUT2D eigenvalue weighted by atomic mass is 9.85. The van der Waals surface area contributed by atoms with Gasteiger partial charge in [-0.15, -0.1) is 0 Å². The molecule has 110 valence electrons. The normalized spacial score (nSPS) is 22.2. The van der Waals surface area contributed by atoms with E-state index in [9.17, 15) is 0 Å². The van der Waals surface area contributed by atoms with Crippen LogP contribution in [0.2, 0.25) is 0 Å². The van der Waals surface area contributed by atoms with Gasteiger partial charge >= 0.3 is 0 Å². The highest BCUT2D eigenvalue weighted by Crippen LogP contribution is 2.53. The Balaban J connectivity index is 1.88. The van der Waals surface area contributed by atoms with Crippen LogP contribution >= 0.6 is 0 Å². The molecular formula is C18H27NO. The summed E-state index contributed by atoms with van der Waals surface area (Å²) in [6, 6.07) is 4.75. The lowest BCUT2D eigenvalue weighted by Crippen LogP contribution is -2.32. The minimum absolute atomic E-state index is 0.174. The maximum absolute atomic E-state index is 6.26. The van der Waals surface area contributed by atoms with E-state index in [0.29, 0.717) is 0 Å². The van der Waals surface area contributed by atoms with Gasteiger partial charge in [-0.3, -0.25) is 0 Å². The van der Waals surface area contributed by atoms with E-state index in [1.807, 2.05) is 0 Å². The molecule has 2 nitrogen and oxygen atoms in total. The van der Waals surface area contributed by atoms with Crippen molar-refractivity contribution in [3.63, 3.8) is 0 Å². The van der Waals surface area contributed by atoms with E-state index >= 15 is 0 Å². The zero-order chi connectivity index (χ0) is 14.3. The van der Waals surface area contributed by atoms with Gasteiger partial charge in [0.05, 0.1) is 6.61 Å². The first kappa shape index (κ1) is 13.9. The second-order valence-electron chi connectivity index (χ2n) is 6.99. The summed E-state index contributed by atoms with van der Waals surface area (Å²) in [7, 11) is 0. The number of aryl methyl sites for hydroxylation is 2. The van der Waals surface area contributed by atoms with Crippen LogP contribution in [0, 0.1) is 19.8 Å². The van der Waals surface area contributed by atoms with Gasteiger partial charge in [0.15, 0.2) is 0 Å². The van der Waals surface area contributed by atoms with Crippen LogP contribution in [0.15, 0.2) is 12.1 Å². The molecule has 0 radical (unpaired) electrons. The molecule has 20 heavy (non-hydrogen) atoms. The molecule has 2 heteroatoms. The third-order valence-corrected chi connectivity index (χ3v) is 5.49. The van der Waals surface area contributed by atoms with Crippen LogP contribution in [-0.2, 0) is 5.41 Å². The molecule has 0 aromatic heterocycles. The Bertz CT molecular complexity index is 498. The topological polar surface area (TPSA) is 35.2 Å². The summed E-state index contributed by atoms with van der Waals surface area (Å²) in [4.78, 5) is 0. The average molecular weight is 273 g/mol. The molecule has 3 rings (SSSR count). The largest absolute Gasteiger partial charge is 0.493 e. The van der Waals surface area contributed by atoms with E-state index in [2.05, 4.69) is 32.9 Å². The van der Waals surface area contributed by atoms with Crippen LogP contribution < -0.4 is 10.5 Å². The Morgan fingerprint density at radius 1 is 1.25 bits per heavy atom. The summed E-state index contributed by atoms with van der Waals surface area (Å²) in [5, 5.41) is 0. The smallest absolute Gasteiger partial charge is 0.123 e. The van der Waals surface area contributed by atoms with E-state index in [1.54, 1.807) is 0 Å². The number of benzene rings is 1. The number of hydrogen-bond donors (Lipinski definition) is 1. The fourth-order valence-corrected chi connectivity index (χ4v) is 3.27. The van der Waals surface area contributed by atoms with Gasteiger partial charge in [0.2, 0.25) is 0 Å². The van der Waals surface area contributed by atoms with Crippen LogP contribution in [0.3, 0.4) is 0 Å². The predicted octanol–water partition coefficient (Wildman–Crippen LogP) is 3.86. The van der Waals surface area contributed by atoms with Crippen molar-refractivity contribution >= 4 is 0 Å². The van der Waals surface area contributed by atoms with Gasteiger partial charge in [-0.2, -0.15) is 0 Å². The Morgan fingerprint density at radius 3 is 2.40 bits per heavy atom. The molecule has 2 aliphatic rings. The molecule has 0 aliphatic heterocycles. The zero-order valence-corrected chi connectivity index (χ0v) is 13.0. The van der Waals surface area contributed by atoms with Gasteiger partial charge in [-0.25, -0.2) is 0 Å². The highest BCUT2D eigenvalue weighted by Gasteiger charge is 2.49. The molecule has 2 N–H and O–H groups in total. The molecule has 0 spiro atoms. The van der Waals surface area contributed by atoms with Crippen LogP contribution in [-0.4, -0.2) is 12.6 Å². The standard InChI is InChI=1S/C18H27NO/c1-12-9-16(18(7-8-18)14(3)19)17(10-13(12)2)20-11-15-5-4-6-15/h9-10,14-15H,4-8,11,19H2,1-3H3. The number of hydrogen-bond acceptors (Lipinski definition) is 2. The summed E-state index contributed by atoms with van der Waals surface area (Å²) in [5.74, 6) is 1.87. The van der Waals surface area contributed by atoms with Gasteiger partial charge in [0, 0.05) is 17.0 Å². The molecule has 1 aromatic rings. The minimum atomic E-state index is 0.174. The van der Waals surface area contributed by atoms with E-state index in [1.165, 1.54) is 48.8 Å². The Hall–Kier alpha value is -1.02. The SMILES string of the molecule is Cc1cc(OCC2CCC2)c(C2(C(C)N)CC2)cc1C. The molecule has 1 aromatic carbocycles. The van der Waals surface area contributed by atoms with Crippen LogP contribution in [0.25, 0.3) is 0 Å². The van der Waals surface area contributed by atoms with Crippen molar-refractivity contribution < 1.29 is 4.74 Å². The number of nitrogens with two attached hydrogens (primary N) is 1. The molecule has 2 saturated carbocycles. The molecule has 2 fully saturated rings. The molecule has 0 heterocycles. The molecule has 1 atom stereocenters. The summed E-state index contributed by atoms with van der Waals surface area (Å²) >= 11 is 0. The fraction of sp³-hybridized carbons (Fsp3) is 0.667. The summed E-state index contributed by atoms with van der Waals surface area (Å²) in [6.07, 6.45) is 6.44. The van der Waals surface area contributed by atoms with Gasteiger partial charge in [-0.1, -0.05) is 12.5 Å². The molecule has 0 bridgehead atoms. The Labute approximate surface area is 122 Å².